The summed E-state index contributed by atoms with van der Waals surface area (Å²) in [7, 11) is 0. The van der Waals surface area contributed by atoms with E-state index in [0.717, 1.165) is 0 Å². The molecule has 24 rings (SSSR count). The number of benzene rings is 18. The molecule has 3 heteroatoms. The molecule has 0 saturated heterocycles. The van der Waals surface area contributed by atoms with Gasteiger partial charge in [0.1, 0.15) is 0 Å². The van der Waals surface area contributed by atoms with Gasteiger partial charge in [0.15, 0.2) is 0 Å². The summed E-state index contributed by atoms with van der Waals surface area (Å²) >= 11 is 0. The molecule has 0 spiro atoms. The van der Waals surface area contributed by atoms with Gasteiger partial charge in [-0.2, -0.15) is 0 Å². The van der Waals surface area contributed by atoms with Crippen LogP contribution in [0.1, 0.15) is 216 Å². The highest BCUT2D eigenvalue weighted by atomic mass is 14.9. The van der Waals surface area contributed by atoms with Crippen LogP contribution in [0, 0.1) is 48.5 Å². The molecule has 0 unspecified atom stereocenters. The summed E-state index contributed by atoms with van der Waals surface area (Å²) in [6, 6.07) is 102. The van der Waals surface area contributed by atoms with Gasteiger partial charge in [-0.25, -0.2) is 0 Å². The molecule has 0 aliphatic carbocycles. The topological polar surface area (TPSA) is 13.2 Å². The van der Waals surface area contributed by atoms with Gasteiger partial charge in [-0.3, -0.25) is 0 Å². The number of aromatic nitrogens is 3. The van der Waals surface area contributed by atoms with Gasteiger partial charge in [0.2, 0.25) is 0 Å². The molecule has 24 aromatic rings. The third-order valence-electron chi connectivity index (χ3n) is 29.2. The second-order valence-electron chi connectivity index (χ2n) is 40.3. The largest absolute Gasteiger partial charge is 0.308 e. The summed E-state index contributed by atoms with van der Waals surface area (Å²) in [6.07, 6.45) is 0. The predicted molar refractivity (Wildman–Crippen MR) is 556 cm³/mol. The second-order valence-corrected chi connectivity index (χ2v) is 40.3. The summed E-state index contributed by atoms with van der Waals surface area (Å²) in [5.41, 5.74) is 38.8. The molecule has 0 N–H and O–H groups in total. The Morgan fingerprint density at radius 3 is 0.614 bits per heavy atom. The highest BCUT2D eigenvalue weighted by Crippen LogP contribution is 2.51. The van der Waals surface area contributed by atoms with Crippen molar-refractivity contribution in [2.75, 3.05) is 0 Å². The molecular weight excluding hydrogens is 1530 g/mol. The first-order valence-electron chi connectivity index (χ1n) is 46.7. The fraction of sp³-hybridized carbons (Fsp3) is 0.226. The predicted octanol–water partition coefficient (Wildman–Crippen LogP) is 36.5. The highest BCUT2D eigenvalue weighted by Gasteiger charge is 2.27. The van der Waals surface area contributed by atoms with Crippen molar-refractivity contribution >= 4 is 179 Å². The molecule has 0 aliphatic rings. The van der Waals surface area contributed by atoms with Gasteiger partial charge in [-0.1, -0.05) is 260 Å². The number of nitrogens with zero attached hydrogens (tertiary/aromatic N) is 3. The van der Waals surface area contributed by atoms with Crippen LogP contribution in [0.25, 0.3) is 212 Å². The number of rotatable bonds is 10. The summed E-state index contributed by atoms with van der Waals surface area (Å²) in [4.78, 5) is 0. The molecule has 0 bridgehead atoms. The van der Waals surface area contributed by atoms with Gasteiger partial charge in [-0.05, 0) is 364 Å². The molecule has 6 heterocycles. The molecule has 624 valence electrons. The van der Waals surface area contributed by atoms with E-state index >= 15 is 0 Å². The zero-order valence-electron chi connectivity index (χ0n) is 77.7. The van der Waals surface area contributed by atoms with E-state index in [0.29, 0.717) is 41.4 Å². The van der Waals surface area contributed by atoms with Crippen LogP contribution in [-0.4, -0.2) is 13.2 Å². The number of hydrogen-bond acceptors (Lipinski definition) is 0. The van der Waals surface area contributed by atoms with Crippen molar-refractivity contribution in [3.63, 3.8) is 0 Å². The van der Waals surface area contributed by atoms with Crippen molar-refractivity contribution in [3.8, 4) is 33.4 Å². The molecule has 3 nitrogen and oxygen atoms in total. The van der Waals surface area contributed by atoms with Crippen LogP contribution in [0.2, 0.25) is 0 Å². The maximum Gasteiger partial charge on any atom is 0.0620 e. The SMILES string of the molecule is Cc1cc(C(C)C)cc(C)c1-c1cc2c3cc4cc(C(C)C)ccc4cc3n3c4cc5ccc(C(C)C)cc5cc4c(c1)c23.Cc1cc(C)c(-c2cc3c4cc5cc(C(C)C)ccc5cc4n4c5cc6ccc(C(C)C)cc6cc5c(c2)c34)c(C)c1.Cc1ccc(-c2cc3c4cc5cc(C(C)C)ccc5cc4n4c5cc6ccc(C(C)C)cc6cc5c(c2)c34)c(C)c1. The van der Waals surface area contributed by atoms with E-state index in [1.807, 2.05) is 0 Å². The Bertz CT molecular complexity index is 8300. The minimum absolute atomic E-state index is 0.504. The van der Waals surface area contributed by atoms with Crippen molar-refractivity contribution in [1.82, 2.24) is 13.2 Å². The maximum atomic E-state index is 2.55. The minimum atomic E-state index is 0.504. The van der Waals surface area contributed by atoms with Crippen molar-refractivity contribution in [1.29, 1.82) is 0 Å². The smallest absolute Gasteiger partial charge is 0.0620 e. The first kappa shape index (κ1) is 79.8. The van der Waals surface area contributed by atoms with Gasteiger partial charge >= 0.3 is 0 Å². The molecule has 0 aliphatic heterocycles. The Morgan fingerprint density at radius 2 is 0.386 bits per heavy atom. The first-order valence-corrected chi connectivity index (χ1v) is 46.7. The standard InChI is InChI=1S/C43H41N.C41H37N.C40H35N/c1-23(2)28-9-11-30-21-40-36(17-33(30)15-28)38-19-35(42-26(7)13-32(25(5)6)14-27(42)8)20-39-37-18-34-16-29(24(3)4)10-12-31(34)22-41(37)44(40)43(38)39;1-22(2)27-8-10-29-20-38-34(16-31(29)14-27)36-18-33(40-25(6)12-24(5)13-26(40)7)19-37-35-17-32-15-28(23(3)4)9-11-30(32)21-39(35)42(38)41(36)37;1-22(2)26-8-10-28-20-38-34(16-30(28)14-26)36-18-32(33-12-7-24(5)13-25(33)6)19-37-35-17-31-15-27(23(3)4)9-11-29(31)21-39(35)41(38)40(36)37/h9-25H,1-8H3;8-23H,1-7H3;7-23H,1-6H3. The van der Waals surface area contributed by atoms with Gasteiger partial charge < -0.3 is 13.2 Å². The van der Waals surface area contributed by atoms with Gasteiger partial charge in [0.05, 0.1) is 49.7 Å². The van der Waals surface area contributed by atoms with E-state index < -0.39 is 0 Å². The quantitative estimate of drug-likeness (QED) is 0.129. The van der Waals surface area contributed by atoms with E-state index in [-0.39, 0.29) is 0 Å². The monoisotopic (exact) mass is 1640 g/mol. The molecule has 0 fully saturated rings. The van der Waals surface area contributed by atoms with Crippen LogP contribution in [0.4, 0.5) is 0 Å². The third-order valence-corrected chi connectivity index (χ3v) is 29.2. The second kappa shape index (κ2) is 29.5. The zero-order valence-corrected chi connectivity index (χ0v) is 77.7. The molecule has 0 saturated carbocycles. The van der Waals surface area contributed by atoms with Crippen LogP contribution in [0.3, 0.4) is 0 Å². The summed E-state index contributed by atoms with van der Waals surface area (Å²) < 4.78 is 7.62. The van der Waals surface area contributed by atoms with Crippen LogP contribution >= 0.6 is 0 Å². The lowest BCUT2D eigenvalue weighted by Crippen LogP contribution is -1.94. The summed E-state index contributed by atoms with van der Waals surface area (Å²) in [5.74, 6) is 3.55. The average Bonchev–Trinajstić information content (AvgIpc) is 1.54. The average molecular weight is 1650 g/mol. The zero-order chi connectivity index (χ0) is 87.8. The number of hydrogen-bond donors (Lipinski definition) is 0. The third kappa shape index (κ3) is 12.8. The van der Waals surface area contributed by atoms with E-state index in [2.05, 4.69) is 419 Å². The maximum absolute atomic E-state index is 2.55. The van der Waals surface area contributed by atoms with E-state index in [9.17, 15) is 0 Å². The lowest BCUT2D eigenvalue weighted by molar-refractivity contribution is 0.863. The molecule has 127 heavy (non-hydrogen) atoms. The van der Waals surface area contributed by atoms with E-state index in [1.165, 1.54) is 290 Å². The first-order chi connectivity index (χ1) is 61.0. The van der Waals surface area contributed by atoms with Crippen molar-refractivity contribution in [2.45, 2.75) is 187 Å². The molecule has 18 aromatic carbocycles. The molecule has 6 aromatic heterocycles. The Kier molecular flexibility index (Phi) is 18.5. The van der Waals surface area contributed by atoms with Crippen molar-refractivity contribution in [2.24, 2.45) is 0 Å². The van der Waals surface area contributed by atoms with E-state index in [1.54, 1.807) is 0 Å². The normalized spacial score (nSPS) is 12.6. The number of fused-ring (bicyclic) bond motifs is 24. The molecule has 0 amide bonds. The van der Waals surface area contributed by atoms with Crippen LogP contribution in [-0.2, 0) is 0 Å². The molecular formula is C124H113N3. The molecule has 0 atom stereocenters. The molecule has 0 radical (unpaired) electrons. The van der Waals surface area contributed by atoms with Crippen molar-refractivity contribution in [3.05, 3.63) is 339 Å². The van der Waals surface area contributed by atoms with Gasteiger partial charge in [0, 0.05) is 64.6 Å². The Morgan fingerprint density at radius 1 is 0.165 bits per heavy atom. The number of aryl methyl sites for hydroxylation is 7. The Hall–Kier alpha value is -13.1. The van der Waals surface area contributed by atoms with Crippen LogP contribution in [0.5, 0.6) is 0 Å². The van der Waals surface area contributed by atoms with Gasteiger partial charge in [-0.15, -0.1) is 0 Å². The van der Waals surface area contributed by atoms with Crippen molar-refractivity contribution < 1.29 is 0 Å². The summed E-state index contributed by atoms with van der Waals surface area (Å²) in [6.45, 7) is 47.6. The van der Waals surface area contributed by atoms with Crippen LogP contribution < -0.4 is 0 Å². The lowest BCUT2D eigenvalue weighted by Gasteiger charge is -2.15. The van der Waals surface area contributed by atoms with E-state index in [4.69, 9.17) is 0 Å². The lowest BCUT2D eigenvalue weighted by atomic mass is 9.89. The highest BCUT2D eigenvalue weighted by molar-refractivity contribution is 6.31. The van der Waals surface area contributed by atoms with Crippen LogP contribution in [0.15, 0.2) is 261 Å². The fourth-order valence-electron chi connectivity index (χ4n) is 22.4. The van der Waals surface area contributed by atoms with Gasteiger partial charge in [0.25, 0.3) is 0 Å². The minimum Gasteiger partial charge on any atom is -0.308 e. The fourth-order valence-corrected chi connectivity index (χ4v) is 22.4. The Balaban J connectivity index is 0.000000113. The Labute approximate surface area is 745 Å². The summed E-state index contributed by atoms with van der Waals surface area (Å²) in [5, 5.41) is 31.8.